The Labute approximate surface area is 107 Å². The van der Waals surface area contributed by atoms with Gasteiger partial charge in [-0.15, -0.1) is 11.3 Å². The van der Waals surface area contributed by atoms with Crippen LogP contribution in [0.5, 0.6) is 0 Å². The van der Waals surface area contributed by atoms with Gasteiger partial charge in [0.05, 0.1) is 16.2 Å². The second-order valence-corrected chi connectivity index (χ2v) is 4.44. The first-order chi connectivity index (χ1) is 8.49. The SMILES string of the molecule is O=C(O)CC#Cc1ccc(C(=O)CCC(=O)O)s1. The van der Waals surface area contributed by atoms with Crippen LogP contribution in [0.1, 0.15) is 33.8 Å². The molecule has 2 N–H and O–H groups in total. The van der Waals surface area contributed by atoms with Crippen LogP contribution < -0.4 is 0 Å². The first kappa shape index (κ1) is 13.9. The Balaban J connectivity index is 2.61. The van der Waals surface area contributed by atoms with Crippen molar-refractivity contribution in [1.29, 1.82) is 0 Å². The summed E-state index contributed by atoms with van der Waals surface area (Å²) in [5, 5.41) is 16.9. The third kappa shape index (κ3) is 4.80. The van der Waals surface area contributed by atoms with Crippen LogP contribution in [0, 0.1) is 11.8 Å². The number of hydrogen-bond acceptors (Lipinski definition) is 4. The van der Waals surface area contributed by atoms with Crippen molar-refractivity contribution in [1.82, 2.24) is 0 Å². The van der Waals surface area contributed by atoms with Crippen molar-refractivity contribution in [2.24, 2.45) is 0 Å². The third-order valence-electron chi connectivity index (χ3n) is 1.90. The van der Waals surface area contributed by atoms with Crippen LogP contribution >= 0.6 is 11.3 Å². The summed E-state index contributed by atoms with van der Waals surface area (Å²) in [4.78, 5) is 33.1. The fourth-order valence-corrected chi connectivity index (χ4v) is 1.95. The first-order valence-electron chi connectivity index (χ1n) is 5.04. The number of carboxylic acid groups (broad SMARTS) is 2. The zero-order valence-electron chi connectivity index (χ0n) is 9.30. The summed E-state index contributed by atoms with van der Waals surface area (Å²) in [5.74, 6) is 2.84. The molecule has 0 aliphatic carbocycles. The molecule has 1 rings (SSSR count). The molecule has 94 valence electrons. The maximum atomic E-state index is 11.5. The Morgan fingerprint density at radius 1 is 1.11 bits per heavy atom. The van der Waals surface area contributed by atoms with E-state index in [0.717, 1.165) is 11.3 Å². The molecule has 0 unspecified atom stereocenters. The summed E-state index contributed by atoms with van der Waals surface area (Å²) in [6, 6.07) is 3.19. The summed E-state index contributed by atoms with van der Waals surface area (Å²) in [7, 11) is 0. The molecule has 0 aliphatic heterocycles. The van der Waals surface area contributed by atoms with Crippen molar-refractivity contribution in [2.45, 2.75) is 19.3 Å². The number of ketones is 1. The lowest BCUT2D eigenvalue weighted by Crippen LogP contribution is -2.01. The minimum Gasteiger partial charge on any atom is -0.481 e. The monoisotopic (exact) mass is 266 g/mol. The van der Waals surface area contributed by atoms with Crippen LogP contribution in [0.4, 0.5) is 0 Å². The predicted octanol–water partition coefficient (Wildman–Crippen LogP) is 1.62. The van der Waals surface area contributed by atoms with Crippen LogP contribution in [0.2, 0.25) is 0 Å². The third-order valence-corrected chi connectivity index (χ3v) is 2.94. The molecule has 0 aromatic carbocycles. The Morgan fingerprint density at radius 3 is 2.44 bits per heavy atom. The van der Waals surface area contributed by atoms with E-state index in [1.165, 1.54) is 0 Å². The van der Waals surface area contributed by atoms with Crippen molar-refractivity contribution >= 4 is 29.1 Å². The van der Waals surface area contributed by atoms with Crippen molar-refractivity contribution in [2.75, 3.05) is 0 Å². The summed E-state index contributed by atoms with van der Waals surface area (Å²) in [5.41, 5.74) is 0. The van der Waals surface area contributed by atoms with Gasteiger partial charge in [-0.1, -0.05) is 11.8 Å². The molecule has 0 saturated carbocycles. The summed E-state index contributed by atoms with van der Waals surface area (Å²) >= 11 is 1.14. The highest BCUT2D eigenvalue weighted by atomic mass is 32.1. The van der Waals surface area contributed by atoms with Gasteiger partial charge in [0.25, 0.3) is 0 Å². The molecule has 0 spiro atoms. The molecule has 0 radical (unpaired) electrons. The van der Waals surface area contributed by atoms with Gasteiger partial charge in [-0.05, 0) is 12.1 Å². The molecule has 1 aromatic heterocycles. The topological polar surface area (TPSA) is 91.7 Å². The second-order valence-electron chi connectivity index (χ2n) is 3.35. The Bertz CT molecular complexity index is 532. The van der Waals surface area contributed by atoms with Gasteiger partial charge in [-0.25, -0.2) is 0 Å². The Kier molecular flexibility index (Phi) is 5.08. The van der Waals surface area contributed by atoms with Gasteiger partial charge in [0.1, 0.15) is 6.42 Å². The molecule has 0 amide bonds. The number of carbonyl (C=O) groups is 3. The van der Waals surface area contributed by atoms with E-state index < -0.39 is 11.9 Å². The average Bonchev–Trinajstić information content (AvgIpc) is 2.74. The lowest BCUT2D eigenvalue weighted by molar-refractivity contribution is -0.137. The van der Waals surface area contributed by atoms with Crippen molar-refractivity contribution in [3.05, 3.63) is 21.9 Å². The largest absolute Gasteiger partial charge is 0.481 e. The summed E-state index contributed by atoms with van der Waals surface area (Å²) < 4.78 is 0. The van der Waals surface area contributed by atoms with Crippen LogP contribution in [0.25, 0.3) is 0 Å². The second kappa shape index (κ2) is 6.57. The molecular weight excluding hydrogens is 256 g/mol. The zero-order chi connectivity index (χ0) is 13.5. The molecule has 0 atom stereocenters. The van der Waals surface area contributed by atoms with Gasteiger partial charge in [0, 0.05) is 6.42 Å². The van der Waals surface area contributed by atoms with E-state index in [-0.39, 0.29) is 25.0 Å². The summed E-state index contributed by atoms with van der Waals surface area (Å²) in [6.07, 6.45) is -0.491. The normalized spacial score (nSPS) is 9.33. The minimum absolute atomic E-state index is 0.0438. The highest BCUT2D eigenvalue weighted by Gasteiger charge is 2.10. The fourth-order valence-electron chi connectivity index (χ4n) is 1.11. The number of Topliss-reactive ketones (excluding diaryl/α,β-unsaturated/α-hetero) is 1. The van der Waals surface area contributed by atoms with Gasteiger partial charge < -0.3 is 10.2 Å². The molecule has 0 fully saturated rings. The fraction of sp³-hybridized carbons (Fsp3) is 0.250. The number of thiophene rings is 1. The quantitative estimate of drug-likeness (QED) is 0.624. The maximum Gasteiger partial charge on any atom is 0.315 e. The Hall–Kier alpha value is -2.13. The molecular formula is C12H10O5S. The minimum atomic E-state index is -1.01. The average molecular weight is 266 g/mol. The van der Waals surface area contributed by atoms with Gasteiger partial charge in [0.15, 0.2) is 5.78 Å². The van der Waals surface area contributed by atoms with E-state index in [1.807, 2.05) is 0 Å². The van der Waals surface area contributed by atoms with Gasteiger partial charge in [0.2, 0.25) is 0 Å². The molecule has 0 bridgehead atoms. The van der Waals surface area contributed by atoms with Gasteiger partial charge >= 0.3 is 11.9 Å². The molecule has 0 aliphatic rings. The number of aliphatic carboxylic acids is 2. The van der Waals surface area contributed by atoms with E-state index in [2.05, 4.69) is 11.8 Å². The highest BCUT2D eigenvalue weighted by Crippen LogP contribution is 2.17. The lowest BCUT2D eigenvalue weighted by Gasteiger charge is -1.93. The van der Waals surface area contributed by atoms with Crippen LogP contribution in [-0.2, 0) is 9.59 Å². The van der Waals surface area contributed by atoms with E-state index in [4.69, 9.17) is 10.2 Å². The van der Waals surface area contributed by atoms with E-state index >= 15 is 0 Å². The Morgan fingerprint density at radius 2 is 1.83 bits per heavy atom. The van der Waals surface area contributed by atoms with Gasteiger partial charge in [-0.3, -0.25) is 14.4 Å². The maximum absolute atomic E-state index is 11.5. The van der Waals surface area contributed by atoms with E-state index in [0.29, 0.717) is 9.75 Å². The van der Waals surface area contributed by atoms with Crippen LogP contribution in [-0.4, -0.2) is 27.9 Å². The molecule has 5 nitrogen and oxygen atoms in total. The number of rotatable bonds is 5. The predicted molar refractivity (Wildman–Crippen MR) is 64.7 cm³/mol. The van der Waals surface area contributed by atoms with Crippen molar-refractivity contribution in [3.63, 3.8) is 0 Å². The number of carboxylic acids is 2. The lowest BCUT2D eigenvalue weighted by atomic mass is 10.2. The van der Waals surface area contributed by atoms with Crippen LogP contribution in [0.15, 0.2) is 12.1 Å². The number of hydrogen-bond donors (Lipinski definition) is 2. The van der Waals surface area contributed by atoms with E-state index in [9.17, 15) is 14.4 Å². The highest BCUT2D eigenvalue weighted by molar-refractivity contribution is 7.14. The molecule has 0 saturated heterocycles. The molecule has 6 heteroatoms. The molecule has 1 heterocycles. The van der Waals surface area contributed by atoms with Crippen LogP contribution in [0.3, 0.4) is 0 Å². The van der Waals surface area contributed by atoms with Crippen molar-refractivity contribution < 1.29 is 24.6 Å². The molecule has 1 aromatic rings. The number of carbonyl (C=O) groups excluding carboxylic acids is 1. The van der Waals surface area contributed by atoms with Crippen molar-refractivity contribution in [3.8, 4) is 11.8 Å². The zero-order valence-corrected chi connectivity index (χ0v) is 10.1. The van der Waals surface area contributed by atoms with Gasteiger partial charge in [-0.2, -0.15) is 0 Å². The van der Waals surface area contributed by atoms with E-state index in [1.54, 1.807) is 12.1 Å². The first-order valence-corrected chi connectivity index (χ1v) is 5.86. The summed E-state index contributed by atoms with van der Waals surface area (Å²) in [6.45, 7) is 0. The smallest absolute Gasteiger partial charge is 0.315 e. The molecule has 18 heavy (non-hydrogen) atoms. The standard InChI is InChI=1S/C12H10O5S/c13-9(5-7-12(16)17)10-6-4-8(18-10)2-1-3-11(14)15/h4,6H,3,5,7H2,(H,14,15)(H,16,17).